The van der Waals surface area contributed by atoms with Gasteiger partial charge in [0.15, 0.2) is 17.0 Å². The molecular formula is C11H19N6O5P. The number of nitrogens with one attached hydrogen (secondary N) is 1. The average Bonchev–Trinajstić information content (AvgIpc) is 2.83. The van der Waals surface area contributed by atoms with Crippen molar-refractivity contribution in [2.24, 2.45) is 0 Å². The van der Waals surface area contributed by atoms with Crippen LogP contribution < -0.4 is 11.1 Å². The lowest BCUT2D eigenvalue weighted by Gasteiger charge is -2.09. The molecule has 12 heteroatoms. The van der Waals surface area contributed by atoms with E-state index >= 15 is 0 Å². The average molecular weight is 346 g/mol. The molecule has 11 nitrogen and oxygen atoms in total. The minimum absolute atomic E-state index is 0.0449. The summed E-state index contributed by atoms with van der Waals surface area (Å²) in [6, 6.07) is 0. The molecule has 0 bridgehead atoms. The van der Waals surface area contributed by atoms with Gasteiger partial charge in [0.25, 0.3) is 0 Å². The second-order valence-electron chi connectivity index (χ2n) is 4.97. The fraction of sp³-hybridized carbons (Fsp3) is 0.545. The van der Waals surface area contributed by atoms with E-state index in [1.807, 2.05) is 0 Å². The van der Waals surface area contributed by atoms with Gasteiger partial charge in [-0.3, -0.25) is 4.57 Å². The minimum Gasteiger partial charge on any atom is -0.392 e. The zero-order valence-corrected chi connectivity index (χ0v) is 13.3. The van der Waals surface area contributed by atoms with E-state index in [9.17, 15) is 9.67 Å². The maximum Gasteiger partial charge on any atom is 0.350 e. The van der Waals surface area contributed by atoms with Crippen molar-refractivity contribution >= 4 is 30.5 Å². The third-order valence-corrected chi connectivity index (χ3v) is 3.30. The normalized spacial score (nSPS) is 13.4. The van der Waals surface area contributed by atoms with Crippen LogP contribution in [-0.4, -0.2) is 60.0 Å². The van der Waals surface area contributed by atoms with Gasteiger partial charge in [0.1, 0.15) is 6.35 Å². The lowest BCUT2D eigenvalue weighted by molar-refractivity contribution is 0.149. The lowest BCUT2D eigenvalue weighted by atomic mass is 10.4. The number of fused-ring (bicyclic) bond motifs is 1. The number of nitrogens with zero attached hydrogens (tertiary/aromatic N) is 4. The van der Waals surface area contributed by atoms with E-state index in [1.165, 1.54) is 6.33 Å². The van der Waals surface area contributed by atoms with Crippen molar-refractivity contribution in [1.82, 2.24) is 19.5 Å². The summed E-state index contributed by atoms with van der Waals surface area (Å²) in [5.41, 5.74) is 6.62. The topological polar surface area (TPSA) is 169 Å². The fourth-order valence-electron chi connectivity index (χ4n) is 1.84. The maximum absolute atomic E-state index is 10.7. The van der Waals surface area contributed by atoms with Crippen molar-refractivity contribution in [3.63, 3.8) is 0 Å². The van der Waals surface area contributed by atoms with Gasteiger partial charge in [0.05, 0.1) is 19.0 Å². The van der Waals surface area contributed by atoms with E-state index in [0.717, 1.165) is 0 Å². The molecule has 0 aliphatic rings. The summed E-state index contributed by atoms with van der Waals surface area (Å²) >= 11 is 0. The van der Waals surface area contributed by atoms with Gasteiger partial charge in [-0.2, -0.15) is 9.97 Å². The van der Waals surface area contributed by atoms with Crippen molar-refractivity contribution in [3.8, 4) is 0 Å². The van der Waals surface area contributed by atoms with Gasteiger partial charge in [-0.25, -0.2) is 4.98 Å². The van der Waals surface area contributed by atoms with Crippen molar-refractivity contribution in [2.75, 3.05) is 30.6 Å². The van der Waals surface area contributed by atoms with Crippen molar-refractivity contribution in [3.05, 3.63) is 6.33 Å². The number of nitrogens with two attached hydrogens (primary N) is 1. The molecule has 6 N–H and O–H groups in total. The van der Waals surface area contributed by atoms with E-state index in [-0.39, 0.29) is 19.1 Å². The van der Waals surface area contributed by atoms with Crippen molar-refractivity contribution in [1.29, 1.82) is 0 Å². The molecule has 0 aliphatic carbocycles. The standard InChI is InChI=1S/C11H19N6O5P/c1-7(18)4-13-9-8-10(16-11(12)15-9)17(5-14-8)2-3-22-6-23(19,20)21/h5,7,18H,2-4,6H2,1H3,(H2,19,20,21)(H3,12,13,15,16). The Kier molecular flexibility index (Phi) is 5.50. The van der Waals surface area contributed by atoms with Crippen LogP contribution in [0.2, 0.25) is 0 Å². The Morgan fingerprint density at radius 1 is 1.48 bits per heavy atom. The number of imidazole rings is 1. The summed E-state index contributed by atoms with van der Waals surface area (Å²) < 4.78 is 17.3. The van der Waals surface area contributed by atoms with Gasteiger partial charge in [0, 0.05) is 13.1 Å². The number of ether oxygens (including phenoxy) is 1. The van der Waals surface area contributed by atoms with E-state index in [2.05, 4.69) is 20.3 Å². The Morgan fingerprint density at radius 2 is 2.22 bits per heavy atom. The predicted octanol–water partition coefficient (Wildman–Crippen LogP) is -0.647. The molecule has 0 amide bonds. The van der Waals surface area contributed by atoms with Gasteiger partial charge >= 0.3 is 7.60 Å². The molecule has 2 aromatic heterocycles. The van der Waals surface area contributed by atoms with Crippen LogP contribution in [-0.2, 0) is 15.8 Å². The molecule has 0 saturated carbocycles. The number of rotatable bonds is 8. The number of aliphatic hydroxyl groups is 1. The van der Waals surface area contributed by atoms with Crippen molar-refractivity contribution < 1.29 is 24.2 Å². The van der Waals surface area contributed by atoms with Crippen LogP contribution >= 0.6 is 7.60 Å². The van der Waals surface area contributed by atoms with Gasteiger partial charge in [-0.15, -0.1) is 0 Å². The Bertz CT molecular complexity index is 714. The highest BCUT2D eigenvalue weighted by Crippen LogP contribution is 2.33. The second-order valence-corrected chi connectivity index (χ2v) is 6.56. The zero-order chi connectivity index (χ0) is 17.0. The zero-order valence-electron chi connectivity index (χ0n) is 12.5. The highest BCUT2D eigenvalue weighted by Gasteiger charge is 2.14. The Balaban J connectivity index is 2.11. The number of aromatic nitrogens is 4. The lowest BCUT2D eigenvalue weighted by Crippen LogP contribution is -2.17. The molecule has 2 heterocycles. The SMILES string of the molecule is CC(O)CNc1nc(N)nc2c1ncn2CCOCP(=O)(O)O. The number of hydrogen-bond acceptors (Lipinski definition) is 8. The molecule has 1 unspecified atom stereocenters. The van der Waals surface area contributed by atoms with Crippen LogP contribution in [0.5, 0.6) is 0 Å². The molecule has 0 fully saturated rings. The summed E-state index contributed by atoms with van der Waals surface area (Å²) in [5.74, 6) is 0.451. The highest BCUT2D eigenvalue weighted by molar-refractivity contribution is 7.51. The van der Waals surface area contributed by atoms with Gasteiger partial charge in [-0.1, -0.05) is 0 Å². The molecular weight excluding hydrogens is 327 g/mol. The van der Waals surface area contributed by atoms with Crippen molar-refractivity contribution in [2.45, 2.75) is 19.6 Å². The molecule has 2 rings (SSSR count). The van der Waals surface area contributed by atoms with Crippen LogP contribution in [0.1, 0.15) is 6.92 Å². The third-order valence-electron chi connectivity index (χ3n) is 2.78. The monoisotopic (exact) mass is 346 g/mol. The highest BCUT2D eigenvalue weighted by atomic mass is 31.2. The van der Waals surface area contributed by atoms with E-state index in [1.54, 1.807) is 11.5 Å². The molecule has 1 atom stereocenters. The molecule has 0 saturated heterocycles. The Labute approximate surface area is 131 Å². The van der Waals surface area contributed by atoms with Crippen LogP contribution in [0.3, 0.4) is 0 Å². The molecule has 2 aromatic rings. The summed E-state index contributed by atoms with van der Waals surface area (Å²) in [4.78, 5) is 29.8. The molecule has 0 spiro atoms. The first-order valence-corrected chi connectivity index (χ1v) is 8.58. The first kappa shape index (κ1) is 17.6. The van der Waals surface area contributed by atoms with E-state index in [0.29, 0.717) is 23.5 Å². The minimum atomic E-state index is -4.18. The Morgan fingerprint density at radius 3 is 2.87 bits per heavy atom. The number of hydrogen-bond donors (Lipinski definition) is 5. The summed E-state index contributed by atoms with van der Waals surface area (Å²) in [7, 11) is -4.18. The summed E-state index contributed by atoms with van der Waals surface area (Å²) in [5, 5.41) is 12.3. The maximum atomic E-state index is 10.7. The quantitative estimate of drug-likeness (QED) is 0.306. The Hall–Kier alpha value is -1.78. The van der Waals surface area contributed by atoms with Crippen LogP contribution in [0.4, 0.5) is 11.8 Å². The number of anilines is 2. The van der Waals surface area contributed by atoms with Gasteiger partial charge in [-0.05, 0) is 6.92 Å². The second kappa shape index (κ2) is 7.20. The molecule has 0 aliphatic heterocycles. The largest absolute Gasteiger partial charge is 0.392 e. The summed E-state index contributed by atoms with van der Waals surface area (Å²) in [6.07, 6.45) is 0.301. The molecule has 23 heavy (non-hydrogen) atoms. The molecule has 0 radical (unpaired) electrons. The van der Waals surface area contributed by atoms with E-state index < -0.39 is 20.0 Å². The smallest absolute Gasteiger partial charge is 0.350 e. The fourth-order valence-corrected chi connectivity index (χ4v) is 2.21. The first-order chi connectivity index (χ1) is 10.8. The molecule has 0 aromatic carbocycles. The number of aliphatic hydroxyl groups excluding tert-OH is 1. The van der Waals surface area contributed by atoms with Gasteiger partial charge < -0.3 is 35.2 Å². The van der Waals surface area contributed by atoms with Crippen LogP contribution in [0.15, 0.2) is 6.33 Å². The molecule has 128 valence electrons. The third kappa shape index (κ3) is 5.12. The number of nitrogen functional groups attached to an aromatic ring is 1. The van der Waals surface area contributed by atoms with Crippen LogP contribution in [0.25, 0.3) is 11.2 Å². The summed E-state index contributed by atoms with van der Waals surface area (Å²) in [6.45, 7) is 2.29. The predicted molar refractivity (Wildman–Crippen MR) is 82.8 cm³/mol. The van der Waals surface area contributed by atoms with Crippen LogP contribution in [0, 0.1) is 0 Å². The first-order valence-electron chi connectivity index (χ1n) is 6.79. The van der Waals surface area contributed by atoms with E-state index in [4.69, 9.17) is 20.3 Å². The van der Waals surface area contributed by atoms with Gasteiger partial charge in [0.2, 0.25) is 5.95 Å².